The van der Waals surface area contributed by atoms with Crippen LogP contribution in [0, 0.1) is 5.92 Å². The number of nitrogens with zero attached hydrogens (tertiary/aromatic N) is 1. The first-order chi connectivity index (χ1) is 6.60. The second-order valence-corrected chi connectivity index (χ2v) is 6.16. The Morgan fingerprint density at radius 1 is 1.40 bits per heavy atom. The molecule has 1 unspecified atom stereocenters. The van der Waals surface area contributed by atoms with Crippen LogP contribution in [0.1, 0.15) is 20.8 Å². The van der Waals surface area contributed by atoms with Crippen molar-refractivity contribution in [1.29, 1.82) is 0 Å². The normalized spacial score (nSPS) is 27.4. The molecule has 0 saturated carbocycles. The molecule has 15 heavy (non-hydrogen) atoms. The third-order valence-corrected chi connectivity index (χ3v) is 3.73. The zero-order valence-electron chi connectivity index (χ0n) is 8.44. The van der Waals surface area contributed by atoms with Crippen molar-refractivity contribution in [1.82, 2.24) is 9.62 Å². The number of hydrogen-bond donors (Lipinski definition) is 1. The maximum atomic E-state index is 11.7. The molecular formula is C7H11ClN2O4S. The fraction of sp³-hybridized carbons (Fsp3) is 0.714. The average molecular weight is 255 g/mol. The molecule has 1 aliphatic rings. The van der Waals surface area contributed by atoms with Crippen LogP contribution >= 0.6 is 10.7 Å². The number of nitrogens with one attached hydrogen (secondary N) is 1. The minimum absolute atomic E-state index is 0.0502. The van der Waals surface area contributed by atoms with Gasteiger partial charge in [-0.25, -0.2) is 4.79 Å². The number of hydrogen-bond acceptors (Lipinski definition) is 4. The molecule has 1 fully saturated rings. The first-order valence-corrected chi connectivity index (χ1v) is 6.49. The van der Waals surface area contributed by atoms with Crippen LogP contribution in [0.5, 0.6) is 0 Å². The molecule has 1 N–H and O–H groups in total. The Morgan fingerprint density at radius 2 is 1.87 bits per heavy atom. The van der Waals surface area contributed by atoms with Crippen LogP contribution in [-0.2, 0) is 14.0 Å². The number of imide groups is 1. The Morgan fingerprint density at radius 3 is 2.07 bits per heavy atom. The largest absolute Gasteiger partial charge is 0.340 e. The van der Waals surface area contributed by atoms with E-state index in [4.69, 9.17) is 10.7 Å². The zero-order chi connectivity index (χ0) is 12.0. The van der Waals surface area contributed by atoms with Crippen molar-refractivity contribution in [2.24, 2.45) is 5.92 Å². The highest BCUT2D eigenvalue weighted by Crippen LogP contribution is 2.28. The van der Waals surface area contributed by atoms with Crippen molar-refractivity contribution in [3.8, 4) is 0 Å². The molecule has 0 aromatic carbocycles. The smallest absolute Gasteiger partial charge is 0.322 e. The predicted octanol–water partition coefficient (Wildman–Crippen LogP) is 0.437. The summed E-state index contributed by atoms with van der Waals surface area (Å²) >= 11 is 0. The lowest BCUT2D eigenvalue weighted by Crippen LogP contribution is -2.48. The summed E-state index contributed by atoms with van der Waals surface area (Å²) in [7, 11) is 0.616. The SMILES string of the molecule is CC(C)C1(C)NC(=O)N(S(=O)(=O)Cl)C1=O. The van der Waals surface area contributed by atoms with Crippen molar-refractivity contribution in [3.63, 3.8) is 0 Å². The van der Waals surface area contributed by atoms with Crippen molar-refractivity contribution in [2.45, 2.75) is 26.3 Å². The van der Waals surface area contributed by atoms with Crippen LogP contribution in [-0.4, -0.2) is 30.2 Å². The number of rotatable bonds is 2. The molecule has 1 atom stereocenters. The average Bonchev–Trinajstić information content (AvgIpc) is 2.22. The highest BCUT2D eigenvalue weighted by atomic mass is 35.7. The minimum atomic E-state index is -4.36. The van der Waals surface area contributed by atoms with E-state index in [1.54, 1.807) is 13.8 Å². The van der Waals surface area contributed by atoms with Crippen molar-refractivity contribution >= 4 is 31.9 Å². The molecular weight excluding hydrogens is 244 g/mol. The van der Waals surface area contributed by atoms with E-state index in [9.17, 15) is 18.0 Å². The van der Waals surface area contributed by atoms with E-state index >= 15 is 0 Å². The summed E-state index contributed by atoms with van der Waals surface area (Å²) in [4.78, 5) is 23.0. The molecule has 1 aliphatic heterocycles. The van der Waals surface area contributed by atoms with Gasteiger partial charge in [-0.05, 0) is 12.8 Å². The van der Waals surface area contributed by atoms with E-state index in [1.165, 1.54) is 6.92 Å². The molecule has 86 valence electrons. The van der Waals surface area contributed by atoms with Gasteiger partial charge in [0.05, 0.1) is 0 Å². The van der Waals surface area contributed by atoms with Gasteiger partial charge >= 0.3 is 15.3 Å². The van der Waals surface area contributed by atoms with Gasteiger partial charge in [-0.3, -0.25) is 4.79 Å². The van der Waals surface area contributed by atoms with Gasteiger partial charge in [-0.15, -0.1) is 4.31 Å². The number of halogens is 1. The van der Waals surface area contributed by atoms with E-state index in [1.807, 2.05) is 0 Å². The lowest BCUT2D eigenvalue weighted by molar-refractivity contribution is -0.128. The summed E-state index contributed by atoms with van der Waals surface area (Å²) in [6.07, 6.45) is 0. The van der Waals surface area contributed by atoms with E-state index in [-0.39, 0.29) is 10.2 Å². The summed E-state index contributed by atoms with van der Waals surface area (Å²) in [6, 6.07) is -1.01. The Hall–Kier alpha value is -0.820. The molecule has 0 spiro atoms. The van der Waals surface area contributed by atoms with Crippen LogP contribution in [0.15, 0.2) is 0 Å². The Bertz CT molecular complexity index is 419. The van der Waals surface area contributed by atoms with Gasteiger partial charge in [0.1, 0.15) is 5.54 Å². The van der Waals surface area contributed by atoms with Crippen LogP contribution in [0.4, 0.5) is 4.79 Å². The summed E-state index contributed by atoms with van der Waals surface area (Å²) in [5.74, 6) is -1.09. The van der Waals surface area contributed by atoms with Crippen LogP contribution < -0.4 is 5.32 Å². The first kappa shape index (κ1) is 12.3. The third-order valence-electron chi connectivity index (χ3n) is 2.55. The maximum Gasteiger partial charge on any atom is 0.340 e. The highest BCUT2D eigenvalue weighted by Gasteiger charge is 2.54. The Balaban J connectivity index is 3.21. The van der Waals surface area contributed by atoms with Gasteiger partial charge in [0.15, 0.2) is 0 Å². The number of carbonyl (C=O) groups excluding carboxylic acids is 2. The second-order valence-electron chi connectivity index (χ2n) is 3.80. The molecule has 0 aromatic heterocycles. The van der Waals surface area contributed by atoms with Crippen molar-refractivity contribution in [3.05, 3.63) is 0 Å². The van der Waals surface area contributed by atoms with Crippen LogP contribution in [0.25, 0.3) is 0 Å². The van der Waals surface area contributed by atoms with Gasteiger partial charge in [-0.1, -0.05) is 13.8 Å². The summed E-state index contributed by atoms with van der Waals surface area (Å²) in [5.41, 5.74) is -1.22. The molecule has 0 bridgehead atoms. The van der Waals surface area contributed by atoms with Gasteiger partial charge in [0.2, 0.25) is 0 Å². The minimum Gasteiger partial charge on any atom is -0.322 e. The molecule has 1 heterocycles. The molecule has 3 amide bonds. The molecule has 0 radical (unpaired) electrons. The molecule has 6 nitrogen and oxygen atoms in total. The van der Waals surface area contributed by atoms with E-state index in [0.717, 1.165) is 0 Å². The highest BCUT2D eigenvalue weighted by molar-refractivity contribution is 8.12. The van der Waals surface area contributed by atoms with Gasteiger partial charge in [0.25, 0.3) is 5.91 Å². The Labute approximate surface area is 92.1 Å². The van der Waals surface area contributed by atoms with E-state index in [0.29, 0.717) is 0 Å². The Kier molecular flexibility index (Phi) is 2.73. The molecule has 8 heteroatoms. The number of amides is 3. The first-order valence-electron chi connectivity index (χ1n) is 4.22. The van der Waals surface area contributed by atoms with Gasteiger partial charge < -0.3 is 5.32 Å². The van der Waals surface area contributed by atoms with E-state index < -0.39 is 26.7 Å². The fourth-order valence-corrected chi connectivity index (χ4v) is 2.23. The fourth-order valence-electron chi connectivity index (χ4n) is 1.22. The second kappa shape index (κ2) is 3.34. The summed E-state index contributed by atoms with van der Waals surface area (Å²) < 4.78 is 22.0. The van der Waals surface area contributed by atoms with Crippen LogP contribution in [0.3, 0.4) is 0 Å². The quantitative estimate of drug-likeness (QED) is 0.572. The molecule has 1 rings (SSSR count). The molecule has 1 saturated heterocycles. The van der Waals surface area contributed by atoms with Gasteiger partial charge in [-0.2, -0.15) is 8.42 Å². The van der Waals surface area contributed by atoms with Crippen molar-refractivity contribution < 1.29 is 18.0 Å². The molecule has 0 aliphatic carbocycles. The maximum absolute atomic E-state index is 11.7. The van der Waals surface area contributed by atoms with E-state index in [2.05, 4.69) is 5.32 Å². The van der Waals surface area contributed by atoms with Crippen molar-refractivity contribution in [2.75, 3.05) is 0 Å². The summed E-state index contributed by atoms with van der Waals surface area (Å²) in [5, 5.41) is 2.31. The predicted molar refractivity (Wildman–Crippen MR) is 53.4 cm³/mol. The lowest BCUT2D eigenvalue weighted by Gasteiger charge is -2.25. The molecule has 0 aromatic rings. The number of urea groups is 1. The van der Waals surface area contributed by atoms with Gasteiger partial charge in [0, 0.05) is 10.7 Å². The zero-order valence-corrected chi connectivity index (χ0v) is 10.0. The van der Waals surface area contributed by atoms with Crippen LogP contribution in [0.2, 0.25) is 0 Å². The summed E-state index contributed by atoms with van der Waals surface area (Å²) in [6.45, 7) is 4.85. The standard InChI is InChI=1S/C7H11ClN2O4S/c1-4(2)7(3)5(11)10(6(12)9-7)15(8,13)14/h4H,1-3H3,(H,9,12). The number of carbonyl (C=O) groups is 2. The third kappa shape index (κ3) is 1.81. The lowest BCUT2D eigenvalue weighted by atomic mass is 9.89. The monoisotopic (exact) mass is 254 g/mol. The topological polar surface area (TPSA) is 83.6 Å².